The number of ether oxygens (including phenoxy) is 1. The Kier molecular flexibility index (Phi) is 7.48. The Morgan fingerprint density at radius 1 is 0.971 bits per heavy atom. The molecule has 0 bridgehead atoms. The molecule has 3 aromatic carbocycles. The van der Waals surface area contributed by atoms with Gasteiger partial charge in [-0.3, -0.25) is 9.52 Å². The van der Waals surface area contributed by atoms with E-state index in [4.69, 9.17) is 0 Å². The largest absolute Gasteiger partial charge is 0.573 e. The molecule has 0 radical (unpaired) electrons. The number of aryl methyl sites for hydroxylation is 1. The van der Waals surface area contributed by atoms with Gasteiger partial charge < -0.3 is 15.2 Å². The van der Waals surface area contributed by atoms with E-state index >= 15 is 0 Å². The van der Waals surface area contributed by atoms with Gasteiger partial charge in [-0.05, 0) is 61.0 Å². The summed E-state index contributed by atoms with van der Waals surface area (Å²) in [6.45, 7) is 1.66. The van der Waals surface area contributed by atoms with Gasteiger partial charge in [0, 0.05) is 17.8 Å². The van der Waals surface area contributed by atoms with E-state index in [2.05, 4.69) is 14.8 Å². The molecule has 0 saturated heterocycles. The summed E-state index contributed by atoms with van der Waals surface area (Å²) in [4.78, 5) is 12.3. The number of nitrogens with one attached hydrogen (secondary N) is 2. The normalized spacial score (nSPS) is 12.6. The SMILES string of the molecule is Cc1ccc(NS(=O)(=O)c2ccc(C(=O)NCC(O)c3ccc(OC(F)(F)F)cc3)cc2)cc1. The fourth-order valence-electron chi connectivity index (χ4n) is 2.92. The number of aliphatic hydroxyl groups is 1. The number of alkyl halides is 3. The van der Waals surface area contributed by atoms with Gasteiger partial charge in [-0.15, -0.1) is 13.2 Å². The Morgan fingerprint density at radius 2 is 1.56 bits per heavy atom. The Bertz CT molecular complexity index is 1230. The monoisotopic (exact) mass is 494 g/mol. The van der Waals surface area contributed by atoms with Crippen LogP contribution in [0.25, 0.3) is 0 Å². The minimum atomic E-state index is -4.82. The lowest BCUT2D eigenvalue weighted by Crippen LogP contribution is -2.28. The molecule has 1 unspecified atom stereocenters. The molecule has 0 spiro atoms. The van der Waals surface area contributed by atoms with Crippen LogP contribution in [0, 0.1) is 6.92 Å². The summed E-state index contributed by atoms with van der Waals surface area (Å²) in [5, 5.41) is 12.7. The van der Waals surface area contributed by atoms with Crippen molar-refractivity contribution in [1.82, 2.24) is 5.32 Å². The molecule has 0 heterocycles. The maximum absolute atomic E-state index is 12.5. The first kappa shape index (κ1) is 25.1. The van der Waals surface area contributed by atoms with Crippen LogP contribution in [0.2, 0.25) is 0 Å². The third-order valence-electron chi connectivity index (χ3n) is 4.69. The number of hydrogen-bond acceptors (Lipinski definition) is 5. The van der Waals surface area contributed by atoms with Crippen molar-refractivity contribution < 1.29 is 36.2 Å². The second kappa shape index (κ2) is 10.1. The van der Waals surface area contributed by atoms with E-state index in [9.17, 15) is 31.5 Å². The summed E-state index contributed by atoms with van der Waals surface area (Å²) in [5.74, 6) is -0.995. The van der Waals surface area contributed by atoms with Gasteiger partial charge in [-0.2, -0.15) is 0 Å². The molecule has 3 N–H and O–H groups in total. The average molecular weight is 494 g/mol. The zero-order valence-electron chi connectivity index (χ0n) is 17.8. The van der Waals surface area contributed by atoms with Crippen LogP contribution in [0.4, 0.5) is 18.9 Å². The van der Waals surface area contributed by atoms with Gasteiger partial charge in [-0.25, -0.2) is 8.42 Å². The first-order valence-corrected chi connectivity index (χ1v) is 11.4. The Balaban J connectivity index is 1.57. The quantitative estimate of drug-likeness (QED) is 0.436. The molecule has 1 atom stereocenters. The standard InChI is InChI=1S/C23H21F3N2O5S/c1-15-2-8-18(9-3-15)28-34(31,32)20-12-6-17(7-13-20)22(30)27-14-21(29)16-4-10-19(11-5-16)33-23(24,25)26/h2-13,21,28-29H,14H2,1H3,(H,27,30). The predicted octanol–water partition coefficient (Wildman–Crippen LogP) is 4.16. The van der Waals surface area contributed by atoms with Crippen LogP contribution in [0.15, 0.2) is 77.7 Å². The van der Waals surface area contributed by atoms with Crippen molar-refractivity contribution in [2.24, 2.45) is 0 Å². The number of sulfonamides is 1. The van der Waals surface area contributed by atoms with Gasteiger partial charge >= 0.3 is 6.36 Å². The number of halogens is 3. The van der Waals surface area contributed by atoms with Crippen molar-refractivity contribution in [2.75, 3.05) is 11.3 Å². The number of aliphatic hydroxyl groups excluding tert-OH is 1. The number of amides is 1. The maximum atomic E-state index is 12.5. The molecule has 0 aliphatic rings. The Morgan fingerprint density at radius 3 is 2.12 bits per heavy atom. The third-order valence-corrected chi connectivity index (χ3v) is 6.08. The highest BCUT2D eigenvalue weighted by atomic mass is 32.2. The van der Waals surface area contributed by atoms with Crippen LogP contribution in [-0.2, 0) is 10.0 Å². The molecule has 0 aliphatic carbocycles. The number of hydrogen-bond donors (Lipinski definition) is 3. The molecule has 0 saturated carbocycles. The van der Waals surface area contributed by atoms with Crippen LogP contribution in [0.1, 0.15) is 27.6 Å². The number of carbonyl (C=O) groups is 1. The van der Waals surface area contributed by atoms with E-state index < -0.39 is 34.1 Å². The van der Waals surface area contributed by atoms with Gasteiger partial charge in [0.05, 0.1) is 11.0 Å². The second-order valence-electron chi connectivity index (χ2n) is 7.34. The maximum Gasteiger partial charge on any atom is 0.573 e. The van der Waals surface area contributed by atoms with Gasteiger partial charge in [-0.1, -0.05) is 29.8 Å². The van der Waals surface area contributed by atoms with E-state index in [0.29, 0.717) is 5.69 Å². The molecule has 0 aromatic heterocycles. The molecular weight excluding hydrogens is 473 g/mol. The smallest absolute Gasteiger partial charge is 0.406 e. The summed E-state index contributed by atoms with van der Waals surface area (Å²) < 4.78 is 67.9. The van der Waals surface area contributed by atoms with Crippen LogP contribution >= 0.6 is 0 Å². The molecule has 0 aliphatic heterocycles. The van der Waals surface area contributed by atoms with Crippen molar-refractivity contribution in [3.63, 3.8) is 0 Å². The highest BCUT2D eigenvalue weighted by Crippen LogP contribution is 2.24. The second-order valence-corrected chi connectivity index (χ2v) is 9.02. The lowest BCUT2D eigenvalue weighted by atomic mass is 10.1. The number of rotatable bonds is 8. The van der Waals surface area contributed by atoms with Crippen molar-refractivity contribution in [1.29, 1.82) is 0 Å². The molecule has 0 fully saturated rings. The number of carbonyl (C=O) groups excluding carboxylic acids is 1. The molecule has 7 nitrogen and oxygen atoms in total. The van der Waals surface area contributed by atoms with Gasteiger partial charge in [0.25, 0.3) is 15.9 Å². The minimum absolute atomic E-state index is 0.0363. The number of anilines is 1. The molecule has 34 heavy (non-hydrogen) atoms. The summed E-state index contributed by atoms with van der Waals surface area (Å²) in [6, 6.07) is 16.6. The topological polar surface area (TPSA) is 105 Å². The zero-order valence-corrected chi connectivity index (χ0v) is 18.7. The third kappa shape index (κ3) is 6.96. The van der Waals surface area contributed by atoms with Crippen molar-refractivity contribution in [2.45, 2.75) is 24.3 Å². The molecular formula is C23H21F3N2O5S. The predicted molar refractivity (Wildman–Crippen MR) is 119 cm³/mol. The Hall–Kier alpha value is -3.57. The summed E-state index contributed by atoms with van der Waals surface area (Å²) in [7, 11) is -3.85. The average Bonchev–Trinajstić information content (AvgIpc) is 2.78. The fraction of sp³-hybridized carbons (Fsp3) is 0.174. The first-order chi connectivity index (χ1) is 15.9. The van der Waals surface area contributed by atoms with E-state index in [1.807, 2.05) is 6.92 Å². The highest BCUT2D eigenvalue weighted by Gasteiger charge is 2.31. The van der Waals surface area contributed by atoms with Crippen molar-refractivity contribution >= 4 is 21.6 Å². The van der Waals surface area contributed by atoms with Gasteiger partial charge in [0.2, 0.25) is 0 Å². The van der Waals surface area contributed by atoms with Crippen molar-refractivity contribution in [3.05, 3.63) is 89.5 Å². The lowest BCUT2D eigenvalue weighted by Gasteiger charge is -2.14. The Labute approximate surface area is 194 Å². The molecule has 11 heteroatoms. The zero-order chi connectivity index (χ0) is 24.9. The molecule has 1 amide bonds. The van der Waals surface area contributed by atoms with E-state index in [1.54, 1.807) is 24.3 Å². The first-order valence-electron chi connectivity index (χ1n) is 9.94. The van der Waals surface area contributed by atoms with Crippen LogP contribution in [-0.4, -0.2) is 32.3 Å². The van der Waals surface area contributed by atoms with E-state index in [-0.39, 0.29) is 22.6 Å². The van der Waals surface area contributed by atoms with Gasteiger partial charge in [0.1, 0.15) is 5.75 Å². The molecule has 3 aromatic rings. The summed E-state index contributed by atoms with van der Waals surface area (Å²) in [6.07, 6.45) is -6.00. The summed E-state index contributed by atoms with van der Waals surface area (Å²) >= 11 is 0. The lowest BCUT2D eigenvalue weighted by molar-refractivity contribution is -0.274. The van der Waals surface area contributed by atoms with Crippen LogP contribution in [0.3, 0.4) is 0 Å². The molecule has 180 valence electrons. The van der Waals surface area contributed by atoms with Crippen LogP contribution in [0.5, 0.6) is 5.75 Å². The highest BCUT2D eigenvalue weighted by molar-refractivity contribution is 7.92. The number of benzene rings is 3. The van der Waals surface area contributed by atoms with Crippen molar-refractivity contribution in [3.8, 4) is 5.75 Å². The fourth-order valence-corrected chi connectivity index (χ4v) is 3.98. The van der Waals surface area contributed by atoms with Gasteiger partial charge in [0.15, 0.2) is 0 Å². The summed E-state index contributed by atoms with van der Waals surface area (Å²) in [5.41, 5.74) is 1.82. The minimum Gasteiger partial charge on any atom is -0.406 e. The van der Waals surface area contributed by atoms with E-state index in [0.717, 1.165) is 17.7 Å². The van der Waals surface area contributed by atoms with Crippen LogP contribution < -0.4 is 14.8 Å². The molecule has 3 rings (SSSR count). The van der Waals surface area contributed by atoms with E-state index in [1.165, 1.54) is 36.4 Å².